The normalized spacial score (nSPS) is 16.9. The van der Waals surface area contributed by atoms with Crippen molar-refractivity contribution in [1.82, 2.24) is 10.2 Å². The number of hydrogen-bond donors (Lipinski definition) is 2. The Bertz CT molecular complexity index is 604. The fraction of sp³-hybridized carbons (Fsp3) is 0.385. The molecule has 1 aromatic carbocycles. The summed E-state index contributed by atoms with van der Waals surface area (Å²) >= 11 is 5.95. The fourth-order valence-corrected chi connectivity index (χ4v) is 2.67. The molecule has 4 nitrogen and oxygen atoms in total. The number of carbonyl (C=O) groups is 1. The largest absolute Gasteiger partial charge is 0.481 e. The van der Waals surface area contributed by atoms with Crippen molar-refractivity contribution in [1.29, 1.82) is 0 Å². The number of nitrogens with one attached hydrogen (secondary N) is 1. The Morgan fingerprint density at radius 1 is 1.56 bits per heavy atom. The Labute approximate surface area is 109 Å². The molecular formula is C13H13ClN2O2. The summed E-state index contributed by atoms with van der Waals surface area (Å²) in [5.74, 6) is -0.137. The Balaban J connectivity index is 1.98. The summed E-state index contributed by atoms with van der Waals surface area (Å²) in [5, 5.41) is 17.2. The third kappa shape index (κ3) is 2.08. The number of rotatable bonds is 4. The molecule has 0 radical (unpaired) electrons. The monoisotopic (exact) mass is 264 g/mol. The van der Waals surface area contributed by atoms with E-state index in [0.29, 0.717) is 11.1 Å². The van der Waals surface area contributed by atoms with E-state index in [2.05, 4.69) is 10.2 Å². The zero-order valence-corrected chi connectivity index (χ0v) is 10.4. The van der Waals surface area contributed by atoms with Gasteiger partial charge in [-0.2, -0.15) is 5.10 Å². The Morgan fingerprint density at radius 3 is 3.00 bits per heavy atom. The van der Waals surface area contributed by atoms with E-state index in [-0.39, 0.29) is 12.3 Å². The van der Waals surface area contributed by atoms with E-state index in [9.17, 15) is 4.79 Å². The van der Waals surface area contributed by atoms with E-state index in [1.54, 1.807) is 0 Å². The summed E-state index contributed by atoms with van der Waals surface area (Å²) in [7, 11) is 0. The quantitative estimate of drug-likeness (QED) is 0.891. The van der Waals surface area contributed by atoms with Crippen molar-refractivity contribution >= 4 is 28.5 Å². The summed E-state index contributed by atoms with van der Waals surface area (Å²) in [6, 6.07) is 5.83. The van der Waals surface area contributed by atoms with Crippen molar-refractivity contribution in [2.75, 3.05) is 0 Å². The lowest BCUT2D eigenvalue weighted by molar-refractivity contribution is -0.137. The molecule has 0 spiro atoms. The van der Waals surface area contributed by atoms with Crippen molar-refractivity contribution < 1.29 is 9.90 Å². The number of carboxylic acids is 1. The number of aliphatic carboxylic acids is 1. The SMILES string of the molecule is O=C(O)CC(c1ccc2c(Cl)[nH]nc2c1)C1CC1. The van der Waals surface area contributed by atoms with Crippen molar-refractivity contribution in [3.8, 4) is 0 Å². The number of hydrogen-bond acceptors (Lipinski definition) is 2. The van der Waals surface area contributed by atoms with Crippen LogP contribution in [0.5, 0.6) is 0 Å². The highest BCUT2D eigenvalue weighted by molar-refractivity contribution is 6.34. The van der Waals surface area contributed by atoms with E-state index < -0.39 is 5.97 Å². The third-order valence-electron chi connectivity index (χ3n) is 3.55. The highest BCUT2D eigenvalue weighted by Crippen LogP contribution is 2.45. The molecule has 5 heteroatoms. The fourth-order valence-electron chi connectivity index (χ4n) is 2.47. The van der Waals surface area contributed by atoms with Gasteiger partial charge in [0.1, 0.15) is 5.15 Å². The Kier molecular flexibility index (Phi) is 2.74. The van der Waals surface area contributed by atoms with Crippen LogP contribution >= 0.6 is 11.6 Å². The second-order valence-corrected chi connectivity index (χ2v) is 5.23. The number of halogens is 1. The molecule has 1 fully saturated rings. The zero-order chi connectivity index (χ0) is 12.7. The minimum Gasteiger partial charge on any atom is -0.481 e. The molecule has 94 valence electrons. The van der Waals surface area contributed by atoms with Crippen LogP contribution in [0.25, 0.3) is 10.9 Å². The van der Waals surface area contributed by atoms with E-state index in [1.807, 2.05) is 18.2 Å². The lowest BCUT2D eigenvalue weighted by Crippen LogP contribution is -2.08. The van der Waals surface area contributed by atoms with Crippen LogP contribution in [-0.4, -0.2) is 21.3 Å². The van der Waals surface area contributed by atoms with Crippen molar-refractivity contribution in [2.45, 2.75) is 25.2 Å². The molecule has 2 aromatic rings. The van der Waals surface area contributed by atoms with Crippen LogP contribution in [-0.2, 0) is 4.79 Å². The molecular weight excluding hydrogens is 252 g/mol. The molecule has 2 N–H and O–H groups in total. The van der Waals surface area contributed by atoms with Crippen LogP contribution in [0, 0.1) is 5.92 Å². The molecule has 0 saturated heterocycles. The second kappa shape index (κ2) is 4.28. The molecule has 1 aromatic heterocycles. The summed E-state index contributed by atoms with van der Waals surface area (Å²) < 4.78 is 0. The maximum absolute atomic E-state index is 10.9. The number of fused-ring (bicyclic) bond motifs is 1. The maximum Gasteiger partial charge on any atom is 0.303 e. The van der Waals surface area contributed by atoms with Crippen LogP contribution in [0.1, 0.15) is 30.7 Å². The number of aromatic amines is 1. The standard InChI is InChI=1S/C13H13ClN2O2/c14-13-9-4-3-8(5-11(9)15-16-13)10(6-12(17)18)7-1-2-7/h3-5,7,10H,1-2,6H2,(H,15,16)(H,17,18). The number of nitrogens with zero attached hydrogens (tertiary/aromatic N) is 1. The van der Waals surface area contributed by atoms with Gasteiger partial charge in [-0.25, -0.2) is 0 Å². The number of H-pyrrole nitrogens is 1. The lowest BCUT2D eigenvalue weighted by atomic mass is 9.90. The van der Waals surface area contributed by atoms with Crippen molar-refractivity contribution in [3.05, 3.63) is 28.9 Å². The first-order valence-corrected chi connectivity index (χ1v) is 6.38. The van der Waals surface area contributed by atoms with Crippen molar-refractivity contribution in [2.24, 2.45) is 5.92 Å². The van der Waals surface area contributed by atoms with Gasteiger partial charge in [0.05, 0.1) is 11.9 Å². The van der Waals surface area contributed by atoms with E-state index in [1.165, 1.54) is 0 Å². The van der Waals surface area contributed by atoms with Crippen molar-refractivity contribution in [3.63, 3.8) is 0 Å². The number of carboxylic acid groups (broad SMARTS) is 1. The Hall–Kier alpha value is -1.55. The highest BCUT2D eigenvalue weighted by Gasteiger charge is 2.33. The molecule has 3 rings (SSSR count). The minimum atomic E-state index is -0.743. The summed E-state index contributed by atoms with van der Waals surface area (Å²) in [6.07, 6.45) is 2.43. The molecule has 1 atom stereocenters. The maximum atomic E-state index is 10.9. The predicted molar refractivity (Wildman–Crippen MR) is 68.8 cm³/mol. The molecule has 18 heavy (non-hydrogen) atoms. The average molecular weight is 265 g/mol. The lowest BCUT2D eigenvalue weighted by Gasteiger charge is -2.14. The molecule has 1 heterocycles. The van der Waals surface area contributed by atoms with Gasteiger partial charge >= 0.3 is 5.97 Å². The minimum absolute atomic E-state index is 0.0994. The summed E-state index contributed by atoms with van der Waals surface area (Å²) in [6.45, 7) is 0. The molecule has 1 unspecified atom stereocenters. The van der Waals surface area contributed by atoms with Gasteiger partial charge in [-0.15, -0.1) is 0 Å². The Morgan fingerprint density at radius 2 is 2.33 bits per heavy atom. The average Bonchev–Trinajstić information content (AvgIpc) is 3.11. The topological polar surface area (TPSA) is 66.0 Å². The van der Waals surface area contributed by atoms with Crippen LogP contribution in [0.3, 0.4) is 0 Å². The molecule has 0 aliphatic heterocycles. The zero-order valence-electron chi connectivity index (χ0n) is 9.69. The predicted octanol–water partition coefficient (Wildman–Crippen LogP) is 3.18. The smallest absolute Gasteiger partial charge is 0.303 e. The first kappa shape index (κ1) is 11.5. The van der Waals surface area contributed by atoms with E-state index in [4.69, 9.17) is 16.7 Å². The van der Waals surface area contributed by atoms with Gasteiger partial charge in [0.2, 0.25) is 0 Å². The first-order chi connectivity index (χ1) is 8.65. The van der Waals surface area contributed by atoms with Gasteiger partial charge in [0, 0.05) is 5.39 Å². The highest BCUT2D eigenvalue weighted by atomic mass is 35.5. The van der Waals surface area contributed by atoms with Gasteiger partial charge in [-0.3, -0.25) is 9.89 Å². The van der Waals surface area contributed by atoms with E-state index in [0.717, 1.165) is 29.3 Å². The molecule has 0 amide bonds. The van der Waals surface area contributed by atoms with Gasteiger partial charge in [0.25, 0.3) is 0 Å². The van der Waals surface area contributed by atoms with Gasteiger partial charge in [-0.1, -0.05) is 17.7 Å². The molecule has 1 aliphatic rings. The van der Waals surface area contributed by atoms with Gasteiger partial charge in [-0.05, 0) is 42.4 Å². The third-order valence-corrected chi connectivity index (χ3v) is 3.83. The molecule has 0 bridgehead atoms. The molecule has 1 aliphatic carbocycles. The van der Waals surface area contributed by atoms with Crippen LogP contribution in [0.15, 0.2) is 18.2 Å². The number of aromatic nitrogens is 2. The summed E-state index contributed by atoms with van der Waals surface area (Å²) in [5.41, 5.74) is 1.85. The number of benzene rings is 1. The summed E-state index contributed by atoms with van der Waals surface area (Å²) in [4.78, 5) is 10.9. The molecule has 1 saturated carbocycles. The van der Waals surface area contributed by atoms with Crippen LogP contribution in [0.4, 0.5) is 0 Å². The van der Waals surface area contributed by atoms with E-state index >= 15 is 0 Å². The first-order valence-electron chi connectivity index (χ1n) is 6.00. The van der Waals surface area contributed by atoms with Crippen LogP contribution in [0.2, 0.25) is 5.15 Å². The van der Waals surface area contributed by atoms with Gasteiger partial charge < -0.3 is 5.11 Å². The van der Waals surface area contributed by atoms with Gasteiger partial charge in [0.15, 0.2) is 0 Å². The van der Waals surface area contributed by atoms with Crippen LogP contribution < -0.4 is 0 Å². The second-order valence-electron chi connectivity index (χ2n) is 4.86.